The molecule has 3 heteroatoms. The third-order valence-corrected chi connectivity index (χ3v) is 2.29. The molecule has 0 spiro atoms. The van der Waals surface area contributed by atoms with Crippen LogP contribution in [0.5, 0.6) is 5.75 Å². The quantitative estimate of drug-likeness (QED) is 0.526. The molecular formula is C14H21NO2. The highest BCUT2D eigenvalue weighted by Crippen LogP contribution is 2.17. The first-order valence-electron chi connectivity index (χ1n) is 5.92. The van der Waals surface area contributed by atoms with E-state index < -0.39 is 0 Å². The normalized spacial score (nSPS) is 10.2. The number of nitrogens with one attached hydrogen (secondary N) is 1. The lowest BCUT2D eigenvalue weighted by atomic mass is 10.2. The number of hydrogen-bond donors (Lipinski definition) is 1. The maximum atomic E-state index is 5.68. The third kappa shape index (κ3) is 5.52. The highest BCUT2D eigenvalue weighted by Gasteiger charge is 2.01. The van der Waals surface area contributed by atoms with Gasteiger partial charge in [-0.1, -0.05) is 24.3 Å². The van der Waals surface area contributed by atoms with E-state index in [1.165, 1.54) is 5.56 Å². The number of benzene rings is 1. The maximum Gasteiger partial charge on any atom is 0.123 e. The van der Waals surface area contributed by atoms with Gasteiger partial charge in [-0.05, 0) is 19.5 Å². The van der Waals surface area contributed by atoms with Gasteiger partial charge in [-0.2, -0.15) is 0 Å². The Balaban J connectivity index is 2.28. The molecular weight excluding hydrogens is 214 g/mol. The van der Waals surface area contributed by atoms with Crippen LogP contribution in [0, 0.1) is 0 Å². The molecule has 1 N–H and O–H groups in total. The summed E-state index contributed by atoms with van der Waals surface area (Å²) in [7, 11) is 1.93. The van der Waals surface area contributed by atoms with Gasteiger partial charge in [0.25, 0.3) is 0 Å². The monoisotopic (exact) mass is 235 g/mol. The first kappa shape index (κ1) is 13.7. The van der Waals surface area contributed by atoms with Crippen molar-refractivity contribution in [3.63, 3.8) is 0 Å². The van der Waals surface area contributed by atoms with Crippen molar-refractivity contribution in [3.05, 3.63) is 42.5 Å². The lowest BCUT2D eigenvalue weighted by molar-refractivity contribution is 0.103. The van der Waals surface area contributed by atoms with E-state index in [4.69, 9.17) is 9.47 Å². The van der Waals surface area contributed by atoms with Crippen LogP contribution >= 0.6 is 0 Å². The van der Waals surface area contributed by atoms with Crippen LogP contribution in [0.2, 0.25) is 0 Å². The molecule has 0 saturated heterocycles. The summed E-state index contributed by atoms with van der Waals surface area (Å²) in [5, 5.41) is 3.12. The fourth-order valence-electron chi connectivity index (χ4n) is 1.46. The smallest absolute Gasteiger partial charge is 0.123 e. The van der Waals surface area contributed by atoms with Crippen LogP contribution in [-0.2, 0) is 11.3 Å². The molecule has 1 aromatic rings. The van der Waals surface area contributed by atoms with Crippen molar-refractivity contribution >= 4 is 0 Å². The largest absolute Gasteiger partial charge is 0.491 e. The van der Waals surface area contributed by atoms with Crippen LogP contribution in [0.25, 0.3) is 0 Å². The highest BCUT2D eigenvalue weighted by molar-refractivity contribution is 5.33. The Bertz CT molecular complexity index is 326. The summed E-state index contributed by atoms with van der Waals surface area (Å²) >= 11 is 0. The van der Waals surface area contributed by atoms with Crippen molar-refractivity contribution in [2.75, 3.05) is 26.9 Å². The molecule has 0 aliphatic rings. The Hall–Kier alpha value is -1.32. The van der Waals surface area contributed by atoms with E-state index in [1.54, 1.807) is 0 Å². The van der Waals surface area contributed by atoms with Crippen molar-refractivity contribution in [1.29, 1.82) is 0 Å². The Morgan fingerprint density at radius 3 is 2.82 bits per heavy atom. The second-order valence-corrected chi connectivity index (χ2v) is 3.68. The van der Waals surface area contributed by atoms with Crippen molar-refractivity contribution in [1.82, 2.24) is 5.32 Å². The standard InChI is InChI=1S/C14H21NO2/c1-3-4-9-16-10-11-17-14-8-6-5-7-13(14)12-15-2/h3,5-8,15H,1,4,9-12H2,2H3. The van der Waals surface area contributed by atoms with Crippen LogP contribution in [0.15, 0.2) is 36.9 Å². The van der Waals surface area contributed by atoms with Gasteiger partial charge in [0.05, 0.1) is 13.2 Å². The van der Waals surface area contributed by atoms with E-state index in [2.05, 4.69) is 18.0 Å². The minimum Gasteiger partial charge on any atom is -0.491 e. The number of para-hydroxylation sites is 1. The molecule has 0 radical (unpaired) electrons. The van der Waals surface area contributed by atoms with E-state index in [1.807, 2.05) is 31.3 Å². The summed E-state index contributed by atoms with van der Waals surface area (Å²) in [4.78, 5) is 0. The maximum absolute atomic E-state index is 5.68. The fraction of sp³-hybridized carbons (Fsp3) is 0.429. The summed E-state index contributed by atoms with van der Waals surface area (Å²) in [6, 6.07) is 8.04. The molecule has 0 atom stereocenters. The zero-order valence-electron chi connectivity index (χ0n) is 10.4. The SMILES string of the molecule is C=CCCOCCOc1ccccc1CNC. The Morgan fingerprint density at radius 1 is 1.24 bits per heavy atom. The van der Waals surface area contributed by atoms with E-state index in [0.29, 0.717) is 19.8 Å². The van der Waals surface area contributed by atoms with Crippen LogP contribution in [0.3, 0.4) is 0 Å². The van der Waals surface area contributed by atoms with Crippen molar-refractivity contribution in [3.8, 4) is 5.75 Å². The van der Waals surface area contributed by atoms with E-state index >= 15 is 0 Å². The second-order valence-electron chi connectivity index (χ2n) is 3.68. The van der Waals surface area contributed by atoms with Crippen LogP contribution < -0.4 is 10.1 Å². The summed E-state index contributed by atoms with van der Waals surface area (Å²) in [6.07, 6.45) is 2.74. The molecule has 0 aliphatic heterocycles. The van der Waals surface area contributed by atoms with Gasteiger partial charge in [0.2, 0.25) is 0 Å². The number of rotatable bonds is 9. The molecule has 0 amide bonds. The fourth-order valence-corrected chi connectivity index (χ4v) is 1.46. The van der Waals surface area contributed by atoms with Gasteiger partial charge in [0.15, 0.2) is 0 Å². The predicted molar refractivity (Wildman–Crippen MR) is 70.3 cm³/mol. The van der Waals surface area contributed by atoms with Gasteiger partial charge in [-0.3, -0.25) is 0 Å². The second kappa shape index (κ2) is 8.79. The van der Waals surface area contributed by atoms with Gasteiger partial charge in [0, 0.05) is 12.1 Å². The molecule has 0 bridgehead atoms. The Labute approximate surface area is 103 Å². The van der Waals surface area contributed by atoms with Crippen molar-refractivity contribution in [2.45, 2.75) is 13.0 Å². The van der Waals surface area contributed by atoms with Crippen LogP contribution in [0.1, 0.15) is 12.0 Å². The van der Waals surface area contributed by atoms with Gasteiger partial charge in [-0.15, -0.1) is 6.58 Å². The van der Waals surface area contributed by atoms with Crippen LogP contribution in [-0.4, -0.2) is 26.9 Å². The van der Waals surface area contributed by atoms with Gasteiger partial charge >= 0.3 is 0 Å². The summed E-state index contributed by atoms with van der Waals surface area (Å²) < 4.78 is 11.1. The molecule has 0 aliphatic carbocycles. The summed E-state index contributed by atoms with van der Waals surface area (Å²) in [6.45, 7) is 6.36. The molecule has 94 valence electrons. The first-order chi connectivity index (χ1) is 8.38. The first-order valence-corrected chi connectivity index (χ1v) is 5.92. The van der Waals surface area contributed by atoms with Gasteiger partial charge in [0.1, 0.15) is 12.4 Å². The molecule has 0 aromatic heterocycles. The average Bonchev–Trinajstić information content (AvgIpc) is 2.36. The molecule has 0 saturated carbocycles. The Morgan fingerprint density at radius 2 is 2.06 bits per heavy atom. The zero-order chi connectivity index (χ0) is 12.3. The number of hydrogen-bond acceptors (Lipinski definition) is 3. The molecule has 1 aromatic carbocycles. The molecule has 0 heterocycles. The summed E-state index contributed by atoms with van der Waals surface area (Å²) in [5.74, 6) is 0.925. The number of ether oxygens (including phenoxy) is 2. The average molecular weight is 235 g/mol. The molecule has 0 fully saturated rings. The zero-order valence-corrected chi connectivity index (χ0v) is 10.4. The van der Waals surface area contributed by atoms with E-state index in [0.717, 1.165) is 18.7 Å². The molecule has 1 rings (SSSR count). The van der Waals surface area contributed by atoms with Crippen molar-refractivity contribution < 1.29 is 9.47 Å². The minimum absolute atomic E-state index is 0.581. The predicted octanol–water partition coefficient (Wildman–Crippen LogP) is 2.38. The topological polar surface area (TPSA) is 30.5 Å². The van der Waals surface area contributed by atoms with Crippen LogP contribution in [0.4, 0.5) is 0 Å². The lowest BCUT2D eigenvalue weighted by Gasteiger charge is -2.11. The molecule has 3 nitrogen and oxygen atoms in total. The molecule has 0 unspecified atom stereocenters. The third-order valence-electron chi connectivity index (χ3n) is 2.29. The van der Waals surface area contributed by atoms with E-state index in [-0.39, 0.29) is 0 Å². The van der Waals surface area contributed by atoms with Crippen molar-refractivity contribution in [2.24, 2.45) is 0 Å². The van der Waals surface area contributed by atoms with Gasteiger partial charge < -0.3 is 14.8 Å². The van der Waals surface area contributed by atoms with E-state index in [9.17, 15) is 0 Å². The molecule has 17 heavy (non-hydrogen) atoms. The Kier molecular flexibility index (Phi) is 7.11. The highest BCUT2D eigenvalue weighted by atomic mass is 16.5. The lowest BCUT2D eigenvalue weighted by Crippen LogP contribution is -2.11. The minimum atomic E-state index is 0.581. The van der Waals surface area contributed by atoms with Gasteiger partial charge in [-0.25, -0.2) is 0 Å². The summed E-state index contributed by atoms with van der Waals surface area (Å²) in [5.41, 5.74) is 1.17.